The van der Waals surface area contributed by atoms with Gasteiger partial charge in [-0.25, -0.2) is 0 Å². The minimum absolute atomic E-state index is 0.429. The highest BCUT2D eigenvalue weighted by Gasteiger charge is 2.48. The second-order valence-electron chi connectivity index (χ2n) is 4.39. The maximum absolute atomic E-state index is 12.3. The van der Waals surface area contributed by atoms with Crippen LogP contribution in [0.25, 0.3) is 10.1 Å². The Kier molecular flexibility index (Phi) is 4.09. The van der Waals surface area contributed by atoms with E-state index in [2.05, 4.69) is 4.18 Å². The third-order valence-electron chi connectivity index (χ3n) is 2.90. The van der Waals surface area contributed by atoms with E-state index >= 15 is 0 Å². The lowest BCUT2D eigenvalue weighted by atomic mass is 10.0. The molecule has 1 N–H and O–H groups in total. The normalized spacial score (nSPS) is 14.0. The summed E-state index contributed by atoms with van der Waals surface area (Å²) in [6, 6.07) is 3.51. The lowest BCUT2D eigenvalue weighted by Crippen LogP contribution is -2.28. The van der Waals surface area contributed by atoms with Crippen molar-refractivity contribution in [1.82, 2.24) is 0 Å². The number of carboxylic acids is 1. The van der Waals surface area contributed by atoms with E-state index < -0.39 is 33.3 Å². The molecule has 0 saturated carbocycles. The van der Waals surface area contributed by atoms with Gasteiger partial charge in [0.25, 0.3) is 0 Å². The second kappa shape index (κ2) is 5.43. The van der Waals surface area contributed by atoms with Gasteiger partial charge in [0.15, 0.2) is 0 Å². The highest BCUT2D eigenvalue weighted by Crippen LogP contribution is 2.35. The predicted molar refractivity (Wildman–Crippen MR) is 73.5 cm³/mol. The van der Waals surface area contributed by atoms with Crippen LogP contribution < -0.4 is 4.18 Å². The van der Waals surface area contributed by atoms with Gasteiger partial charge in [-0.2, -0.15) is 21.6 Å². The average molecular weight is 354 g/mol. The molecule has 1 aromatic carbocycles. The summed E-state index contributed by atoms with van der Waals surface area (Å²) in [4.78, 5) is 11.0. The largest absolute Gasteiger partial charge is 0.534 e. The third kappa shape index (κ3) is 3.02. The fourth-order valence-corrected chi connectivity index (χ4v) is 3.26. The zero-order chi connectivity index (χ0) is 16.7. The molecule has 10 heteroatoms. The van der Waals surface area contributed by atoms with Gasteiger partial charge in [0, 0.05) is 4.70 Å². The Morgan fingerprint density at radius 2 is 2.00 bits per heavy atom. The molecule has 120 valence electrons. The minimum atomic E-state index is -5.73. The number of thiophene rings is 1. The van der Waals surface area contributed by atoms with Crippen molar-refractivity contribution < 1.29 is 35.7 Å². The molecule has 22 heavy (non-hydrogen) atoms. The smallest absolute Gasteiger partial charge is 0.481 e. The summed E-state index contributed by atoms with van der Waals surface area (Å²) in [5, 5.41) is 11.1. The van der Waals surface area contributed by atoms with Crippen LogP contribution in [0.15, 0.2) is 23.6 Å². The van der Waals surface area contributed by atoms with Gasteiger partial charge in [-0.15, -0.1) is 11.3 Å². The molecule has 0 saturated heterocycles. The predicted octanol–water partition coefficient (Wildman–Crippen LogP) is 3.32. The summed E-state index contributed by atoms with van der Waals surface area (Å²) in [6.07, 6.45) is 0. The molecule has 1 unspecified atom stereocenters. The van der Waals surface area contributed by atoms with E-state index in [1.807, 2.05) is 0 Å². The molecule has 1 heterocycles. The monoisotopic (exact) mass is 354 g/mol. The minimum Gasteiger partial charge on any atom is -0.481 e. The molecule has 1 aromatic heterocycles. The number of halogens is 3. The third-order valence-corrected chi connectivity index (χ3v) is 4.85. The van der Waals surface area contributed by atoms with Crippen LogP contribution in [0.1, 0.15) is 18.4 Å². The van der Waals surface area contributed by atoms with Crippen molar-refractivity contribution in [3.8, 4) is 5.75 Å². The molecule has 0 bridgehead atoms. The number of aliphatic carboxylic acids is 1. The standard InChI is InChI=1S/C12H9F3O5S2/c1-6(11(16)17)9-5-21-10-4-7(2-3-8(9)10)20-22(18,19)12(13,14)15/h2-6H,1H3,(H,16,17). The second-order valence-corrected chi connectivity index (χ2v) is 6.84. The van der Waals surface area contributed by atoms with Crippen LogP contribution in [0.5, 0.6) is 5.75 Å². The molecule has 2 rings (SSSR count). The number of hydrogen-bond acceptors (Lipinski definition) is 5. The average Bonchev–Trinajstić information content (AvgIpc) is 2.78. The molecule has 5 nitrogen and oxygen atoms in total. The lowest BCUT2D eigenvalue weighted by Gasteiger charge is -2.09. The van der Waals surface area contributed by atoms with Crippen molar-refractivity contribution in [3.05, 3.63) is 29.1 Å². The van der Waals surface area contributed by atoms with Crippen LogP contribution in [0.3, 0.4) is 0 Å². The van der Waals surface area contributed by atoms with E-state index in [0.29, 0.717) is 15.6 Å². The van der Waals surface area contributed by atoms with Crippen LogP contribution in [0.4, 0.5) is 13.2 Å². The molecule has 0 fully saturated rings. The Morgan fingerprint density at radius 3 is 2.55 bits per heavy atom. The fraction of sp³-hybridized carbons (Fsp3) is 0.250. The Balaban J connectivity index is 2.40. The molecular weight excluding hydrogens is 345 g/mol. The quantitative estimate of drug-likeness (QED) is 0.673. The molecule has 0 radical (unpaired) electrons. The highest BCUT2D eigenvalue weighted by atomic mass is 32.2. The van der Waals surface area contributed by atoms with Gasteiger partial charge >= 0.3 is 21.6 Å². The van der Waals surface area contributed by atoms with Crippen molar-refractivity contribution in [3.63, 3.8) is 0 Å². The Bertz CT molecular complexity index is 823. The van der Waals surface area contributed by atoms with Crippen LogP contribution in [-0.4, -0.2) is 25.0 Å². The topological polar surface area (TPSA) is 80.7 Å². The molecule has 0 spiro atoms. The molecule has 0 aliphatic rings. The summed E-state index contributed by atoms with van der Waals surface area (Å²) in [5.41, 5.74) is -5.02. The molecule has 2 aromatic rings. The molecule has 0 aliphatic carbocycles. The van der Waals surface area contributed by atoms with Crippen molar-refractivity contribution in [2.24, 2.45) is 0 Å². The first-order chi connectivity index (χ1) is 10.0. The fourth-order valence-electron chi connectivity index (χ4n) is 1.72. The van der Waals surface area contributed by atoms with Gasteiger partial charge < -0.3 is 9.29 Å². The van der Waals surface area contributed by atoms with Crippen LogP contribution >= 0.6 is 11.3 Å². The number of rotatable bonds is 4. The summed E-state index contributed by atoms with van der Waals surface area (Å²) in [6.45, 7) is 1.47. The van der Waals surface area contributed by atoms with Crippen molar-refractivity contribution in [1.29, 1.82) is 0 Å². The van der Waals surface area contributed by atoms with Crippen LogP contribution in [0.2, 0.25) is 0 Å². The number of alkyl halides is 3. The summed E-state index contributed by atoms with van der Waals surface area (Å²) in [7, 11) is -5.73. The van der Waals surface area contributed by atoms with Gasteiger partial charge in [0.2, 0.25) is 0 Å². The molecule has 0 amide bonds. The van der Waals surface area contributed by atoms with Gasteiger partial charge in [0.1, 0.15) is 5.75 Å². The van der Waals surface area contributed by atoms with Crippen molar-refractivity contribution in [2.75, 3.05) is 0 Å². The summed E-state index contributed by atoms with van der Waals surface area (Å²) >= 11 is 1.09. The van der Waals surface area contributed by atoms with Crippen LogP contribution in [-0.2, 0) is 14.9 Å². The molecular formula is C12H9F3O5S2. The zero-order valence-electron chi connectivity index (χ0n) is 10.9. The van der Waals surface area contributed by atoms with Gasteiger partial charge in [0.05, 0.1) is 5.92 Å². The first kappa shape index (κ1) is 16.6. The summed E-state index contributed by atoms with van der Waals surface area (Å²) in [5.74, 6) is -2.32. The Morgan fingerprint density at radius 1 is 1.36 bits per heavy atom. The Hall–Kier alpha value is -1.81. The first-order valence-corrected chi connectivity index (χ1v) is 8.06. The van der Waals surface area contributed by atoms with Gasteiger partial charge in [-0.1, -0.05) is 0 Å². The number of carboxylic acid groups (broad SMARTS) is 1. The number of carbonyl (C=O) groups is 1. The SMILES string of the molecule is CC(C(=O)O)c1csc2cc(OS(=O)(=O)C(F)(F)F)ccc12. The van der Waals surface area contributed by atoms with Gasteiger partial charge in [-0.05, 0) is 41.5 Å². The van der Waals surface area contributed by atoms with E-state index in [1.165, 1.54) is 13.0 Å². The first-order valence-electron chi connectivity index (χ1n) is 5.77. The zero-order valence-corrected chi connectivity index (χ0v) is 12.6. The lowest BCUT2D eigenvalue weighted by molar-refractivity contribution is -0.138. The number of benzene rings is 1. The van der Waals surface area contributed by atoms with E-state index in [-0.39, 0.29) is 0 Å². The molecule has 0 aliphatic heterocycles. The van der Waals surface area contributed by atoms with E-state index in [0.717, 1.165) is 23.5 Å². The maximum Gasteiger partial charge on any atom is 0.534 e. The van der Waals surface area contributed by atoms with Crippen LogP contribution in [0, 0.1) is 0 Å². The summed E-state index contributed by atoms with van der Waals surface area (Å²) < 4.78 is 63.1. The van der Waals surface area contributed by atoms with Gasteiger partial charge in [-0.3, -0.25) is 4.79 Å². The number of fused-ring (bicyclic) bond motifs is 1. The highest BCUT2D eigenvalue weighted by molar-refractivity contribution is 7.88. The van der Waals surface area contributed by atoms with E-state index in [1.54, 1.807) is 5.38 Å². The van der Waals surface area contributed by atoms with E-state index in [9.17, 15) is 26.4 Å². The van der Waals surface area contributed by atoms with E-state index in [4.69, 9.17) is 5.11 Å². The Labute approximate surface area is 127 Å². The van der Waals surface area contributed by atoms with Crippen molar-refractivity contribution >= 4 is 37.5 Å². The number of hydrogen-bond donors (Lipinski definition) is 1. The molecule has 1 atom stereocenters. The maximum atomic E-state index is 12.3. The van der Waals surface area contributed by atoms with Crippen molar-refractivity contribution in [2.45, 2.75) is 18.3 Å².